The number of nitrogens with zero attached hydrogens (tertiary/aromatic N) is 1. The highest BCUT2D eigenvalue weighted by Crippen LogP contribution is 2.31. The second kappa shape index (κ2) is 4.80. The molecule has 3 atom stereocenters. The average Bonchev–Trinajstić information content (AvgIpc) is 3.02. The number of Topliss-reactive ketones (excluding diaryl/α,β-unsaturated/α-hetero) is 1. The monoisotopic (exact) mass is 270 g/mol. The van der Waals surface area contributed by atoms with Gasteiger partial charge in [0, 0.05) is 19.5 Å². The lowest BCUT2D eigenvalue weighted by atomic mass is 9.91. The van der Waals surface area contributed by atoms with E-state index in [1.165, 1.54) is 0 Å². The number of nitrogens with one attached hydrogen (secondary N) is 1. The first kappa shape index (κ1) is 13.8. The van der Waals surface area contributed by atoms with Gasteiger partial charge in [0.25, 0.3) is 0 Å². The van der Waals surface area contributed by atoms with Gasteiger partial charge in [0.15, 0.2) is 5.78 Å². The van der Waals surface area contributed by atoms with Crippen molar-refractivity contribution in [3.05, 3.63) is 0 Å². The smallest absolute Gasteiger partial charge is 0.405 e. The van der Waals surface area contributed by atoms with Crippen molar-refractivity contribution in [2.75, 3.05) is 20.2 Å². The Labute approximate surface area is 110 Å². The zero-order valence-electron chi connectivity index (χ0n) is 11.0. The largest absolute Gasteiger partial charge is 0.465 e. The number of amides is 2. The van der Waals surface area contributed by atoms with Crippen LogP contribution in [0.15, 0.2) is 0 Å². The molecule has 0 bridgehead atoms. The fraction of sp³-hybridized carbons (Fsp3) is 0.750. The van der Waals surface area contributed by atoms with E-state index in [0.717, 1.165) is 0 Å². The van der Waals surface area contributed by atoms with Gasteiger partial charge >= 0.3 is 6.09 Å². The van der Waals surface area contributed by atoms with E-state index in [9.17, 15) is 14.4 Å². The van der Waals surface area contributed by atoms with E-state index >= 15 is 0 Å². The van der Waals surface area contributed by atoms with Crippen molar-refractivity contribution in [3.8, 4) is 0 Å². The summed E-state index contributed by atoms with van der Waals surface area (Å²) in [4.78, 5) is 36.4. The Balaban J connectivity index is 2.04. The van der Waals surface area contributed by atoms with Gasteiger partial charge in [0.2, 0.25) is 5.91 Å². The fourth-order valence-corrected chi connectivity index (χ4v) is 2.40. The summed E-state index contributed by atoms with van der Waals surface area (Å²) in [6, 6.07) is -0.884. The number of carboxylic acid groups (broad SMARTS) is 1. The highest BCUT2D eigenvalue weighted by Gasteiger charge is 2.51. The predicted octanol–water partition coefficient (Wildman–Crippen LogP) is -0.151. The SMILES string of the molecule is CN1CCC(C[C@H](NC(=O)O)C(=O)C2(C)CO2)C1=O. The van der Waals surface area contributed by atoms with Crippen LogP contribution in [0.4, 0.5) is 4.79 Å². The van der Waals surface area contributed by atoms with Crippen molar-refractivity contribution in [1.29, 1.82) is 0 Å². The summed E-state index contributed by atoms with van der Waals surface area (Å²) in [5.74, 6) is -0.628. The lowest BCUT2D eigenvalue weighted by Gasteiger charge is -2.20. The number of epoxide rings is 1. The predicted molar refractivity (Wildman–Crippen MR) is 64.7 cm³/mol. The summed E-state index contributed by atoms with van der Waals surface area (Å²) < 4.78 is 5.05. The van der Waals surface area contributed by atoms with Gasteiger partial charge in [-0.3, -0.25) is 9.59 Å². The molecule has 19 heavy (non-hydrogen) atoms. The summed E-state index contributed by atoms with van der Waals surface area (Å²) >= 11 is 0. The number of carbonyl (C=O) groups excluding carboxylic acids is 2. The van der Waals surface area contributed by atoms with E-state index < -0.39 is 17.7 Å². The van der Waals surface area contributed by atoms with E-state index in [0.29, 0.717) is 19.6 Å². The third-order valence-electron chi connectivity index (χ3n) is 3.77. The summed E-state index contributed by atoms with van der Waals surface area (Å²) in [5.41, 5.74) is -0.888. The Morgan fingerprint density at radius 2 is 2.26 bits per heavy atom. The Morgan fingerprint density at radius 1 is 1.63 bits per heavy atom. The molecule has 2 N–H and O–H groups in total. The molecule has 2 aliphatic heterocycles. The lowest BCUT2D eigenvalue weighted by Crippen LogP contribution is -2.47. The summed E-state index contributed by atoms with van der Waals surface area (Å²) in [7, 11) is 1.70. The number of hydrogen-bond donors (Lipinski definition) is 2. The molecule has 7 heteroatoms. The van der Waals surface area contributed by atoms with Gasteiger partial charge in [-0.25, -0.2) is 4.79 Å². The minimum absolute atomic E-state index is 0.0353. The fourth-order valence-electron chi connectivity index (χ4n) is 2.40. The summed E-state index contributed by atoms with van der Waals surface area (Å²) in [5, 5.41) is 11.0. The van der Waals surface area contributed by atoms with E-state index in [4.69, 9.17) is 9.84 Å². The number of rotatable bonds is 5. The topological polar surface area (TPSA) is 99.2 Å². The van der Waals surface area contributed by atoms with Crippen LogP contribution in [0.2, 0.25) is 0 Å². The number of carbonyl (C=O) groups is 3. The molecule has 0 aromatic carbocycles. The molecule has 2 heterocycles. The molecule has 0 saturated carbocycles. The maximum absolute atomic E-state index is 12.2. The Hall–Kier alpha value is -1.63. The van der Waals surface area contributed by atoms with E-state index in [1.807, 2.05) is 0 Å². The molecule has 2 amide bonds. The van der Waals surface area contributed by atoms with Crippen molar-refractivity contribution in [2.24, 2.45) is 5.92 Å². The molecule has 0 radical (unpaired) electrons. The van der Waals surface area contributed by atoms with Crippen LogP contribution in [0.1, 0.15) is 19.8 Å². The molecule has 0 aliphatic carbocycles. The molecule has 0 aromatic rings. The maximum atomic E-state index is 12.2. The summed E-state index contributed by atoms with van der Waals surface area (Å²) in [6.45, 7) is 2.59. The molecular formula is C12H18N2O5. The molecule has 2 rings (SSSR count). The maximum Gasteiger partial charge on any atom is 0.405 e. The minimum atomic E-state index is -1.26. The zero-order valence-corrected chi connectivity index (χ0v) is 11.0. The number of ether oxygens (including phenoxy) is 1. The van der Waals surface area contributed by atoms with Crippen LogP contribution in [0.3, 0.4) is 0 Å². The molecule has 2 unspecified atom stereocenters. The van der Waals surface area contributed by atoms with Crippen LogP contribution in [-0.2, 0) is 14.3 Å². The highest BCUT2D eigenvalue weighted by atomic mass is 16.6. The molecule has 2 aliphatic rings. The normalized spacial score (nSPS) is 31.2. The first-order valence-corrected chi connectivity index (χ1v) is 6.26. The second-order valence-electron chi connectivity index (χ2n) is 5.37. The van der Waals surface area contributed by atoms with Crippen molar-refractivity contribution < 1.29 is 24.2 Å². The van der Waals surface area contributed by atoms with E-state index in [2.05, 4.69) is 5.32 Å². The Bertz CT molecular complexity index is 418. The van der Waals surface area contributed by atoms with Crippen LogP contribution in [0.25, 0.3) is 0 Å². The first-order valence-electron chi connectivity index (χ1n) is 6.26. The van der Waals surface area contributed by atoms with Crippen molar-refractivity contribution in [2.45, 2.75) is 31.4 Å². The molecule has 106 valence electrons. The van der Waals surface area contributed by atoms with Gasteiger partial charge in [-0.2, -0.15) is 0 Å². The van der Waals surface area contributed by atoms with Crippen LogP contribution < -0.4 is 5.32 Å². The highest BCUT2D eigenvalue weighted by molar-refractivity contribution is 5.96. The van der Waals surface area contributed by atoms with Gasteiger partial charge in [0.05, 0.1) is 12.6 Å². The molecular weight excluding hydrogens is 252 g/mol. The quantitative estimate of drug-likeness (QED) is 0.677. The minimum Gasteiger partial charge on any atom is -0.465 e. The van der Waals surface area contributed by atoms with Gasteiger partial charge in [-0.15, -0.1) is 0 Å². The number of hydrogen-bond acceptors (Lipinski definition) is 4. The van der Waals surface area contributed by atoms with Gasteiger partial charge in [0.1, 0.15) is 5.60 Å². The van der Waals surface area contributed by atoms with Gasteiger partial charge < -0.3 is 20.1 Å². The third kappa shape index (κ3) is 2.86. The number of ketones is 1. The standard InChI is InChI=1S/C12H18N2O5/c1-12(6-19-12)9(15)8(13-11(17)18)5-7-3-4-14(2)10(7)16/h7-8,13H,3-6H2,1-2H3,(H,17,18)/t7?,8-,12?/m0/s1. The zero-order chi connectivity index (χ0) is 14.2. The first-order chi connectivity index (χ1) is 8.83. The van der Waals surface area contributed by atoms with Crippen LogP contribution in [0.5, 0.6) is 0 Å². The van der Waals surface area contributed by atoms with Crippen LogP contribution >= 0.6 is 0 Å². The average molecular weight is 270 g/mol. The van der Waals surface area contributed by atoms with Crippen molar-refractivity contribution in [3.63, 3.8) is 0 Å². The third-order valence-corrected chi connectivity index (χ3v) is 3.77. The van der Waals surface area contributed by atoms with E-state index in [-0.39, 0.29) is 24.0 Å². The van der Waals surface area contributed by atoms with E-state index in [1.54, 1.807) is 18.9 Å². The molecule has 0 aromatic heterocycles. The van der Waals surface area contributed by atoms with Crippen LogP contribution in [0, 0.1) is 5.92 Å². The van der Waals surface area contributed by atoms with Crippen molar-refractivity contribution >= 4 is 17.8 Å². The molecule has 0 spiro atoms. The van der Waals surface area contributed by atoms with Crippen molar-refractivity contribution in [1.82, 2.24) is 10.2 Å². The molecule has 7 nitrogen and oxygen atoms in total. The van der Waals surface area contributed by atoms with Crippen LogP contribution in [-0.4, -0.2) is 59.6 Å². The Kier molecular flexibility index (Phi) is 3.49. The molecule has 2 fully saturated rings. The van der Waals surface area contributed by atoms with Gasteiger partial charge in [-0.05, 0) is 19.8 Å². The lowest BCUT2D eigenvalue weighted by molar-refractivity contribution is -0.131. The second-order valence-corrected chi connectivity index (χ2v) is 5.37. The Morgan fingerprint density at radius 3 is 2.68 bits per heavy atom. The summed E-state index contributed by atoms with van der Waals surface area (Å²) in [6.07, 6.45) is -0.410. The number of likely N-dealkylation sites (tertiary alicyclic amines) is 1. The molecule has 2 saturated heterocycles. The van der Waals surface area contributed by atoms with Gasteiger partial charge in [-0.1, -0.05) is 0 Å².